The van der Waals surface area contributed by atoms with E-state index in [1.807, 2.05) is 70.9 Å². The van der Waals surface area contributed by atoms with Crippen LogP contribution >= 0.6 is 121 Å². The van der Waals surface area contributed by atoms with Crippen LogP contribution in [0.25, 0.3) is 0 Å². The number of nitrogens with zero attached hydrogens (tertiary/aromatic N) is 6. The molecule has 3 aliphatic heterocycles. The molecule has 0 amide bonds. The van der Waals surface area contributed by atoms with E-state index in [-0.39, 0.29) is 11.9 Å². The maximum Gasteiger partial charge on any atom is 0.459 e. The molecule has 4 heterocycles. The summed E-state index contributed by atoms with van der Waals surface area (Å²) in [5, 5.41) is 6.86. The summed E-state index contributed by atoms with van der Waals surface area (Å²) in [7, 11) is -13.5. The van der Waals surface area contributed by atoms with Gasteiger partial charge in [-0.2, -0.15) is 19.3 Å². The molecule has 0 saturated carbocycles. The van der Waals surface area contributed by atoms with Gasteiger partial charge in [-0.1, -0.05) is 77.5 Å². The first-order valence-corrected chi connectivity index (χ1v) is 40.3. The lowest BCUT2D eigenvalue weighted by atomic mass is 10.2. The molecule has 1 aromatic heterocycles. The summed E-state index contributed by atoms with van der Waals surface area (Å²) in [6.45, 7) is 30.2. The van der Waals surface area contributed by atoms with Gasteiger partial charge in [0.25, 0.3) is 0 Å². The second-order valence-electron chi connectivity index (χ2n) is 15.6. The normalized spacial score (nSPS) is 17.2. The third kappa shape index (κ3) is 31.5. The van der Waals surface area contributed by atoms with Crippen molar-refractivity contribution in [3.8, 4) is 11.6 Å². The molecular weight excluding hydrogens is 1270 g/mol. The standard InChI is InChI=1S/C13H22NO3PS.C11H21N4O3P.C8H16NO3PS2.C7H14NO3PS2.C6H12NO3PS2/c1-6-16-18(15,14-10(2)3)17-12-7-8-13(19-5)11(4)9-12;1-6-15(7-2)11-13-9(3)8-10(14-11)18-19(16,12-4)17-5;1-4-11-13(10,12-5-2)9-8-14-6-7(3)15-8;1-3-10-12(9,11-4-2)8-7-13-5-6-14-7;1-3-9-11(8,10-4-2)7-6-12-5-13-6/h7-10H,6H2,1-5H3,(H,14,15);8H,6-7H2,1-5H3,(H,12,16);7H,4-6H2,1-3H3;3-6H2,1-2H3;3-5H2,1-2H3/b;;9-8+;;. The molecule has 80 heavy (non-hydrogen) atoms. The van der Waals surface area contributed by atoms with E-state index in [9.17, 15) is 22.8 Å². The van der Waals surface area contributed by atoms with Crippen LogP contribution in [-0.2, 0) is 59.0 Å². The number of thioether (sulfide) groups is 7. The molecular formula is C45H85N8O15P5S7. The number of anilines is 1. The zero-order valence-electron chi connectivity index (χ0n) is 49.1. The van der Waals surface area contributed by atoms with Gasteiger partial charge >= 0.3 is 38.7 Å². The first-order chi connectivity index (χ1) is 37.9. The van der Waals surface area contributed by atoms with Gasteiger partial charge in [-0.15, -0.1) is 11.8 Å². The summed E-state index contributed by atoms with van der Waals surface area (Å²) in [5.41, 5.74) is 1.84. The largest absolute Gasteiger partial charge is 0.459 e. The van der Waals surface area contributed by atoms with Gasteiger partial charge < -0.3 is 13.9 Å². The SMILES string of the molecule is CCN(CC)c1nc(C)cc(OP(=O)(NC)OC)n1.CCOP(=O)(/N=C1\SCC(C)S1)OCC.CCOP(=O)(N=C1SCCS1)OCC.CCOP(=O)(N=C1SCS1)OCC.CCOP(=O)(NC(C)C)Oc1ccc(SC)c(C)c1. The third-order valence-electron chi connectivity index (χ3n) is 8.91. The van der Waals surface area contributed by atoms with Crippen LogP contribution in [0.5, 0.6) is 11.6 Å². The third-order valence-corrected chi connectivity index (χ3v) is 26.3. The van der Waals surface area contributed by atoms with Gasteiger partial charge in [-0.05, 0) is 127 Å². The number of aromatic nitrogens is 2. The van der Waals surface area contributed by atoms with Crippen molar-refractivity contribution >= 4 is 140 Å². The van der Waals surface area contributed by atoms with Crippen molar-refractivity contribution in [2.75, 3.05) is 107 Å². The molecule has 0 radical (unpaired) electrons. The Kier molecular flexibility index (Phi) is 40.8. The highest BCUT2D eigenvalue weighted by atomic mass is 32.3. The van der Waals surface area contributed by atoms with E-state index in [0.29, 0.717) is 63.2 Å². The van der Waals surface area contributed by atoms with Crippen molar-refractivity contribution in [2.24, 2.45) is 14.3 Å². The summed E-state index contributed by atoms with van der Waals surface area (Å²) in [4.78, 5) is 11.8. The lowest BCUT2D eigenvalue weighted by molar-refractivity contribution is 0.220. The van der Waals surface area contributed by atoms with Crippen LogP contribution in [0.2, 0.25) is 0 Å². The van der Waals surface area contributed by atoms with Gasteiger partial charge in [-0.3, -0.25) is 36.2 Å². The molecule has 5 rings (SSSR count). The van der Waals surface area contributed by atoms with Crippen molar-refractivity contribution in [1.82, 2.24) is 20.1 Å². The fourth-order valence-corrected chi connectivity index (χ4v) is 19.7. The minimum Gasteiger partial charge on any atom is -0.413 e. The Balaban J connectivity index is 0.000000504. The number of hydrogen-bond donors (Lipinski definition) is 2. The second-order valence-corrected chi connectivity index (χ2v) is 32.8. The van der Waals surface area contributed by atoms with Crippen molar-refractivity contribution in [3.05, 3.63) is 35.5 Å². The van der Waals surface area contributed by atoms with Gasteiger partial charge in [0.15, 0.2) is 0 Å². The van der Waals surface area contributed by atoms with Crippen LogP contribution in [0, 0.1) is 13.8 Å². The Hall–Kier alpha value is -0.0900. The molecule has 1 aromatic carbocycles. The number of aryl methyl sites for hydroxylation is 2. The topological polar surface area (TPSA) is 268 Å². The zero-order chi connectivity index (χ0) is 60.4. The molecule has 23 nitrogen and oxygen atoms in total. The Morgan fingerprint density at radius 1 is 0.662 bits per heavy atom. The molecule has 0 spiro atoms. The number of nitrogens with one attached hydrogen (secondary N) is 2. The smallest absolute Gasteiger partial charge is 0.413 e. The lowest BCUT2D eigenvalue weighted by Gasteiger charge is -2.21. The van der Waals surface area contributed by atoms with Crippen LogP contribution in [0.4, 0.5) is 5.95 Å². The van der Waals surface area contributed by atoms with E-state index in [0.717, 1.165) is 59.8 Å². The highest BCUT2D eigenvalue weighted by molar-refractivity contribution is 8.52. The molecule has 0 bridgehead atoms. The van der Waals surface area contributed by atoms with Crippen molar-refractivity contribution in [3.63, 3.8) is 0 Å². The van der Waals surface area contributed by atoms with Crippen LogP contribution in [-0.4, -0.2) is 136 Å². The molecule has 3 unspecified atom stereocenters. The van der Waals surface area contributed by atoms with E-state index >= 15 is 0 Å². The Morgan fingerprint density at radius 2 is 1.14 bits per heavy atom. The summed E-state index contributed by atoms with van der Waals surface area (Å²) in [6.07, 6.45) is 2.02. The molecule has 3 saturated heterocycles. The summed E-state index contributed by atoms with van der Waals surface area (Å²) >= 11 is 11.2. The summed E-state index contributed by atoms with van der Waals surface area (Å²) < 4.78 is 126. The monoisotopic (exact) mass is 1360 g/mol. The first-order valence-electron chi connectivity index (χ1n) is 25.7. The van der Waals surface area contributed by atoms with E-state index in [1.54, 1.807) is 137 Å². The van der Waals surface area contributed by atoms with Crippen LogP contribution in [0.1, 0.15) is 94.3 Å². The lowest BCUT2D eigenvalue weighted by Crippen LogP contribution is -2.24. The fraction of sp³-hybridized carbons (Fsp3) is 0.711. The Bertz CT molecular complexity index is 2430. The van der Waals surface area contributed by atoms with E-state index in [1.165, 1.54) is 19.1 Å². The Labute approximate surface area is 506 Å². The predicted octanol–water partition coefficient (Wildman–Crippen LogP) is 15.6. The number of benzene rings is 1. The predicted molar refractivity (Wildman–Crippen MR) is 345 cm³/mol. The fourth-order valence-electron chi connectivity index (χ4n) is 5.71. The molecule has 3 aliphatic rings. The van der Waals surface area contributed by atoms with Gasteiger partial charge in [0.2, 0.25) is 11.8 Å². The minimum absolute atomic E-state index is 0.0175. The average molecular weight is 1360 g/mol. The van der Waals surface area contributed by atoms with E-state index < -0.39 is 38.7 Å². The maximum atomic E-state index is 12.5. The molecule has 3 atom stereocenters. The van der Waals surface area contributed by atoms with Gasteiger partial charge in [-0.25, -0.2) is 38.0 Å². The zero-order valence-corrected chi connectivity index (χ0v) is 59.2. The van der Waals surface area contributed by atoms with Crippen LogP contribution in [0.15, 0.2) is 43.4 Å². The minimum atomic E-state index is -3.35. The maximum absolute atomic E-state index is 12.5. The Morgan fingerprint density at radius 3 is 1.50 bits per heavy atom. The van der Waals surface area contributed by atoms with Gasteiger partial charge in [0.05, 0.1) is 51.3 Å². The van der Waals surface area contributed by atoms with E-state index in [2.05, 4.69) is 41.4 Å². The molecule has 0 aliphatic carbocycles. The first kappa shape index (κ1) is 77.9. The highest BCUT2D eigenvalue weighted by Gasteiger charge is 2.30. The van der Waals surface area contributed by atoms with Crippen molar-refractivity contribution in [1.29, 1.82) is 0 Å². The average Bonchev–Trinajstić information content (AvgIpc) is 4.04. The van der Waals surface area contributed by atoms with Crippen LogP contribution < -0.4 is 24.1 Å². The van der Waals surface area contributed by atoms with E-state index in [4.69, 9.17) is 45.2 Å². The van der Waals surface area contributed by atoms with Crippen molar-refractivity contribution in [2.45, 2.75) is 113 Å². The quantitative estimate of drug-likeness (QED) is 0.0566. The second kappa shape index (κ2) is 41.9. The molecule has 2 aromatic rings. The van der Waals surface area contributed by atoms with Crippen molar-refractivity contribution < 1.29 is 68.1 Å². The number of hydrogen-bond acceptors (Lipinski definition) is 25. The molecule has 3 fully saturated rings. The highest BCUT2D eigenvalue weighted by Crippen LogP contribution is 2.55. The molecule has 462 valence electrons. The molecule has 35 heteroatoms. The van der Waals surface area contributed by atoms with Gasteiger partial charge in [0, 0.05) is 65.4 Å². The molecule has 2 N–H and O–H groups in total. The van der Waals surface area contributed by atoms with Gasteiger partial charge in [0.1, 0.15) is 18.9 Å². The number of rotatable bonds is 29. The van der Waals surface area contributed by atoms with Crippen LogP contribution in [0.3, 0.4) is 0 Å². The summed E-state index contributed by atoms with van der Waals surface area (Å²) in [6, 6.07) is 7.28. The summed E-state index contributed by atoms with van der Waals surface area (Å²) in [5.74, 6) is 4.37.